The van der Waals surface area contributed by atoms with Crippen molar-refractivity contribution in [1.82, 2.24) is 29.6 Å². The third-order valence-corrected chi connectivity index (χ3v) is 5.95. The second-order valence-electron chi connectivity index (χ2n) is 8.24. The van der Waals surface area contributed by atoms with Gasteiger partial charge in [0.05, 0.1) is 11.1 Å². The fourth-order valence-corrected chi connectivity index (χ4v) is 4.24. The van der Waals surface area contributed by atoms with Crippen molar-refractivity contribution < 1.29 is 19.7 Å². The Bertz CT molecular complexity index is 1320. The van der Waals surface area contributed by atoms with Gasteiger partial charge in [-0.05, 0) is 18.1 Å². The van der Waals surface area contributed by atoms with Crippen molar-refractivity contribution in [3.63, 3.8) is 0 Å². The normalized spacial score (nSPS) is 22.3. The zero-order chi connectivity index (χ0) is 23.8. The van der Waals surface area contributed by atoms with Gasteiger partial charge in [-0.3, -0.25) is 9.48 Å². The summed E-state index contributed by atoms with van der Waals surface area (Å²) in [5.41, 5.74) is 8.89. The van der Waals surface area contributed by atoms with Gasteiger partial charge in [0.25, 0.3) is 5.91 Å². The van der Waals surface area contributed by atoms with E-state index in [2.05, 4.69) is 20.4 Å². The Morgan fingerprint density at radius 3 is 2.71 bits per heavy atom. The van der Waals surface area contributed by atoms with Gasteiger partial charge in [-0.15, -0.1) is 0 Å². The molecule has 1 fully saturated rings. The largest absolute Gasteiger partial charge is 0.387 e. The number of anilines is 1. The molecule has 4 heterocycles. The summed E-state index contributed by atoms with van der Waals surface area (Å²) in [5.74, 6) is -0.256. The fourth-order valence-electron chi connectivity index (χ4n) is 4.24. The first-order valence-electron chi connectivity index (χ1n) is 10.9. The second kappa shape index (κ2) is 8.86. The number of aromatic nitrogens is 5. The highest BCUT2D eigenvalue weighted by Gasteiger charge is 2.47. The van der Waals surface area contributed by atoms with Gasteiger partial charge in [0, 0.05) is 31.5 Å². The van der Waals surface area contributed by atoms with E-state index in [-0.39, 0.29) is 5.82 Å². The first kappa shape index (κ1) is 22.0. The van der Waals surface area contributed by atoms with E-state index in [0.29, 0.717) is 35.3 Å². The Labute approximate surface area is 194 Å². The van der Waals surface area contributed by atoms with Crippen LogP contribution in [0.3, 0.4) is 0 Å². The van der Waals surface area contributed by atoms with Crippen molar-refractivity contribution >= 4 is 22.8 Å². The maximum Gasteiger partial charge on any atom is 0.252 e. The molecule has 0 radical (unpaired) electrons. The van der Waals surface area contributed by atoms with Crippen LogP contribution in [0.1, 0.15) is 11.8 Å². The summed E-state index contributed by atoms with van der Waals surface area (Å²) in [6, 6.07) is 11.5. The summed E-state index contributed by atoms with van der Waals surface area (Å²) in [7, 11) is 1.80. The highest BCUT2D eigenvalue weighted by molar-refractivity contribution is 5.99. The fraction of sp³-hybridized carbons (Fsp3) is 0.304. The van der Waals surface area contributed by atoms with Crippen molar-refractivity contribution in [3.05, 3.63) is 60.7 Å². The molecule has 1 aromatic carbocycles. The van der Waals surface area contributed by atoms with Crippen LogP contribution in [-0.4, -0.2) is 65.3 Å². The van der Waals surface area contributed by atoms with E-state index in [1.54, 1.807) is 28.7 Å². The summed E-state index contributed by atoms with van der Waals surface area (Å²) in [5, 5.41) is 29.1. The quantitative estimate of drug-likeness (QED) is 0.320. The third kappa shape index (κ3) is 3.89. The molecule has 34 heavy (non-hydrogen) atoms. The molecule has 3 aromatic heterocycles. The molecular formula is C23H25N7O4. The van der Waals surface area contributed by atoms with E-state index in [4.69, 9.17) is 10.5 Å². The zero-order valence-corrected chi connectivity index (χ0v) is 18.4. The lowest BCUT2D eigenvalue weighted by Gasteiger charge is -2.17. The van der Waals surface area contributed by atoms with Crippen LogP contribution >= 0.6 is 0 Å². The number of carbonyl (C=O) groups excluding carboxylic acids is 1. The first-order chi connectivity index (χ1) is 16.4. The van der Waals surface area contributed by atoms with Crippen molar-refractivity contribution in [3.8, 4) is 11.3 Å². The molecule has 4 atom stereocenters. The molecule has 5 rings (SSSR count). The lowest BCUT2D eigenvalue weighted by molar-refractivity contribution is -0.137. The number of hydrogen-bond donors (Lipinski definition) is 4. The molecule has 4 aromatic rings. The zero-order valence-electron chi connectivity index (χ0n) is 18.4. The summed E-state index contributed by atoms with van der Waals surface area (Å²) in [4.78, 5) is 21.1. The molecule has 1 aliphatic heterocycles. The average molecular weight is 463 g/mol. The number of nitrogens with two attached hydrogens (primary N) is 1. The minimum atomic E-state index is -1.42. The number of rotatable bonds is 6. The number of ether oxygens (including phenoxy) is 1. The number of amides is 1. The molecule has 5 N–H and O–H groups in total. The Morgan fingerprint density at radius 2 is 1.97 bits per heavy atom. The van der Waals surface area contributed by atoms with E-state index >= 15 is 0 Å². The molecule has 0 aliphatic carbocycles. The number of aliphatic hydroxyl groups excluding tert-OH is 2. The van der Waals surface area contributed by atoms with Crippen LogP contribution in [0.5, 0.6) is 0 Å². The summed E-state index contributed by atoms with van der Waals surface area (Å²) in [6.07, 6.45) is 0.326. The van der Waals surface area contributed by atoms with Gasteiger partial charge in [0.15, 0.2) is 12.3 Å². The van der Waals surface area contributed by atoms with Crippen molar-refractivity contribution in [2.45, 2.75) is 31.0 Å². The van der Waals surface area contributed by atoms with Gasteiger partial charge in [0.1, 0.15) is 30.0 Å². The number of aliphatic hydroxyl groups is 2. The topological polar surface area (TPSA) is 153 Å². The van der Waals surface area contributed by atoms with Crippen LogP contribution in [0.4, 0.5) is 5.82 Å². The van der Waals surface area contributed by atoms with E-state index in [1.807, 2.05) is 36.4 Å². The SMILES string of the molecule is Cn1ccc(-c2cn([C@@H]3O[C@H](C(=O)NCCc4ccccc4)[C@@H](O)[C@H]3O)c3ncnc(N)c23)n1. The van der Waals surface area contributed by atoms with E-state index < -0.39 is 30.4 Å². The number of benzene rings is 1. The predicted molar refractivity (Wildman–Crippen MR) is 123 cm³/mol. The predicted octanol–water partition coefficient (Wildman–Crippen LogP) is 0.392. The molecule has 11 heteroatoms. The lowest BCUT2D eigenvalue weighted by atomic mass is 10.1. The number of fused-ring (bicyclic) bond motifs is 1. The number of carbonyl (C=O) groups is 1. The maximum atomic E-state index is 12.7. The number of hydrogen-bond acceptors (Lipinski definition) is 8. The van der Waals surface area contributed by atoms with Crippen LogP contribution in [0.15, 0.2) is 55.1 Å². The molecule has 1 amide bonds. The molecule has 1 saturated heterocycles. The highest BCUT2D eigenvalue weighted by Crippen LogP contribution is 2.37. The monoisotopic (exact) mass is 463 g/mol. The molecule has 0 spiro atoms. The van der Waals surface area contributed by atoms with Gasteiger partial charge < -0.3 is 30.6 Å². The standard InChI is InChI=1S/C23H25N7O4/c1-29-10-8-15(28-29)14-11-30(21-16(14)20(24)26-12-27-21)23-18(32)17(31)19(34-23)22(33)25-9-7-13-5-3-2-4-6-13/h2-6,8,10-12,17-19,23,31-32H,7,9H2,1H3,(H,25,33)(H2,24,26,27)/t17-,18+,19-,23+/m0/s1. The van der Waals surface area contributed by atoms with E-state index in [1.165, 1.54) is 6.33 Å². The molecule has 11 nitrogen and oxygen atoms in total. The van der Waals surface area contributed by atoms with Crippen LogP contribution < -0.4 is 11.1 Å². The smallest absolute Gasteiger partial charge is 0.252 e. The van der Waals surface area contributed by atoms with Crippen LogP contribution in [0.2, 0.25) is 0 Å². The van der Waals surface area contributed by atoms with Crippen LogP contribution in [0.25, 0.3) is 22.3 Å². The lowest BCUT2D eigenvalue weighted by Crippen LogP contribution is -2.43. The van der Waals surface area contributed by atoms with Gasteiger partial charge in [-0.1, -0.05) is 30.3 Å². The highest BCUT2D eigenvalue weighted by atomic mass is 16.6. The van der Waals surface area contributed by atoms with Crippen LogP contribution in [0, 0.1) is 0 Å². The molecule has 0 unspecified atom stereocenters. The number of nitrogen functional groups attached to an aromatic ring is 1. The first-order valence-corrected chi connectivity index (χ1v) is 10.9. The Balaban J connectivity index is 1.39. The van der Waals surface area contributed by atoms with Gasteiger partial charge >= 0.3 is 0 Å². The summed E-state index contributed by atoms with van der Waals surface area (Å²) in [6.45, 7) is 0.371. The molecular weight excluding hydrogens is 438 g/mol. The Hall–Kier alpha value is -3.80. The second-order valence-corrected chi connectivity index (χ2v) is 8.24. The van der Waals surface area contributed by atoms with Crippen LogP contribution in [-0.2, 0) is 23.0 Å². The molecule has 0 bridgehead atoms. The van der Waals surface area contributed by atoms with Gasteiger partial charge in [-0.2, -0.15) is 5.10 Å². The number of nitrogens with zero attached hydrogens (tertiary/aromatic N) is 5. The average Bonchev–Trinajstić information content (AvgIpc) is 3.51. The summed E-state index contributed by atoms with van der Waals surface area (Å²) >= 11 is 0. The minimum absolute atomic E-state index is 0.243. The number of nitrogens with one attached hydrogen (secondary N) is 1. The van der Waals surface area contributed by atoms with Gasteiger partial charge in [0.2, 0.25) is 0 Å². The third-order valence-electron chi connectivity index (χ3n) is 5.95. The van der Waals surface area contributed by atoms with E-state index in [0.717, 1.165) is 5.56 Å². The van der Waals surface area contributed by atoms with Crippen molar-refractivity contribution in [2.24, 2.45) is 7.05 Å². The number of aryl methyl sites for hydroxylation is 1. The minimum Gasteiger partial charge on any atom is -0.387 e. The Kier molecular flexibility index (Phi) is 5.74. The van der Waals surface area contributed by atoms with Gasteiger partial charge in [-0.25, -0.2) is 9.97 Å². The van der Waals surface area contributed by atoms with E-state index in [9.17, 15) is 15.0 Å². The molecule has 176 valence electrons. The van der Waals surface area contributed by atoms with Crippen molar-refractivity contribution in [1.29, 1.82) is 0 Å². The summed E-state index contributed by atoms with van der Waals surface area (Å²) < 4.78 is 9.07. The maximum absolute atomic E-state index is 12.7. The molecule has 1 aliphatic rings. The Morgan fingerprint density at radius 1 is 1.18 bits per heavy atom. The van der Waals surface area contributed by atoms with Crippen molar-refractivity contribution in [2.75, 3.05) is 12.3 Å². The molecule has 0 saturated carbocycles.